The second-order valence-corrected chi connectivity index (χ2v) is 4.67. The van der Waals surface area contributed by atoms with Crippen molar-refractivity contribution in [1.82, 2.24) is 10.9 Å². The van der Waals surface area contributed by atoms with Crippen molar-refractivity contribution in [2.75, 3.05) is 0 Å². The number of carbonyl (C=O) groups is 2. The fourth-order valence-electron chi connectivity index (χ4n) is 1.56. The highest BCUT2D eigenvalue weighted by atomic mass is 35.5. The maximum atomic E-state index is 11.8. The molecule has 2 N–H and O–H groups in total. The quantitative estimate of drug-likeness (QED) is 0.676. The third-order valence-corrected chi connectivity index (χ3v) is 2.78. The molecular weight excluding hydrogens is 292 g/mol. The Kier molecular flexibility index (Phi) is 4.79. The van der Waals surface area contributed by atoms with Crippen LogP contribution in [-0.4, -0.2) is 11.8 Å². The summed E-state index contributed by atoms with van der Waals surface area (Å²) < 4.78 is 5.27. The topological polar surface area (TPSA) is 71.3 Å². The zero-order valence-corrected chi connectivity index (χ0v) is 12.0. The van der Waals surface area contributed by atoms with Gasteiger partial charge in [0.15, 0.2) is 0 Å². The molecule has 5 nitrogen and oxygen atoms in total. The van der Waals surface area contributed by atoms with Gasteiger partial charge >= 0.3 is 0 Å². The zero-order chi connectivity index (χ0) is 15.2. The molecule has 0 radical (unpaired) electrons. The summed E-state index contributed by atoms with van der Waals surface area (Å²) in [4.78, 5) is 23.3. The van der Waals surface area contributed by atoms with Gasteiger partial charge in [0.2, 0.25) is 0 Å². The van der Waals surface area contributed by atoms with Crippen LogP contribution in [0, 0.1) is 6.92 Å². The van der Waals surface area contributed by atoms with E-state index in [9.17, 15) is 9.59 Å². The van der Waals surface area contributed by atoms with E-state index in [2.05, 4.69) is 10.9 Å². The highest BCUT2D eigenvalue weighted by Gasteiger charge is 2.06. The van der Waals surface area contributed by atoms with Crippen molar-refractivity contribution in [2.45, 2.75) is 6.92 Å². The normalized spacial score (nSPS) is 10.6. The van der Waals surface area contributed by atoms with Crippen molar-refractivity contribution in [3.63, 3.8) is 0 Å². The first-order valence-electron chi connectivity index (χ1n) is 6.15. The summed E-state index contributed by atoms with van der Waals surface area (Å²) in [7, 11) is 0. The predicted molar refractivity (Wildman–Crippen MR) is 79.5 cm³/mol. The van der Waals surface area contributed by atoms with Gasteiger partial charge in [-0.15, -0.1) is 0 Å². The van der Waals surface area contributed by atoms with Gasteiger partial charge in [-0.1, -0.05) is 17.7 Å². The van der Waals surface area contributed by atoms with E-state index >= 15 is 0 Å². The molecule has 0 unspecified atom stereocenters. The molecule has 6 heteroatoms. The van der Waals surface area contributed by atoms with E-state index in [1.165, 1.54) is 18.2 Å². The average molecular weight is 305 g/mol. The van der Waals surface area contributed by atoms with Crippen LogP contribution < -0.4 is 10.9 Å². The van der Waals surface area contributed by atoms with Crippen molar-refractivity contribution in [3.05, 3.63) is 64.6 Å². The molecule has 0 aliphatic rings. The molecule has 0 aliphatic heterocycles. The lowest BCUT2D eigenvalue weighted by molar-refractivity contribution is -0.117. The Morgan fingerprint density at radius 1 is 1.19 bits per heavy atom. The number of nitrogens with one attached hydrogen (secondary N) is 2. The number of aryl methyl sites for hydroxylation is 1. The van der Waals surface area contributed by atoms with E-state index in [4.69, 9.17) is 16.0 Å². The third-order valence-electron chi connectivity index (χ3n) is 2.55. The summed E-state index contributed by atoms with van der Waals surface area (Å²) in [5.41, 5.74) is 4.91. The van der Waals surface area contributed by atoms with Gasteiger partial charge in [0, 0.05) is 16.7 Å². The first kappa shape index (κ1) is 14.9. The smallest absolute Gasteiger partial charge is 0.269 e. The minimum absolute atomic E-state index is 0.355. The average Bonchev–Trinajstić information content (AvgIpc) is 2.88. The molecule has 21 heavy (non-hydrogen) atoms. The van der Waals surface area contributed by atoms with E-state index in [-0.39, 0.29) is 0 Å². The van der Waals surface area contributed by atoms with Crippen LogP contribution in [0.3, 0.4) is 0 Å². The lowest BCUT2D eigenvalue weighted by Crippen LogP contribution is -2.40. The fraction of sp³-hybridized carbons (Fsp3) is 0.0667. The molecule has 0 aliphatic carbocycles. The van der Waals surface area contributed by atoms with Crippen molar-refractivity contribution < 1.29 is 14.0 Å². The molecule has 2 rings (SSSR count). The number of hydrazine groups is 1. The van der Waals surface area contributed by atoms with E-state index in [0.717, 1.165) is 5.76 Å². The van der Waals surface area contributed by atoms with Crippen molar-refractivity contribution in [2.24, 2.45) is 0 Å². The monoisotopic (exact) mass is 304 g/mol. The van der Waals surface area contributed by atoms with Gasteiger partial charge in [0.1, 0.15) is 11.5 Å². The predicted octanol–water partition coefficient (Wildman–Crippen LogP) is 2.72. The summed E-state index contributed by atoms with van der Waals surface area (Å²) in [5.74, 6) is 0.389. The number of hydrogen-bond acceptors (Lipinski definition) is 3. The Balaban J connectivity index is 1.86. The second kappa shape index (κ2) is 6.76. The standard InChI is InChI=1S/C15H13ClN2O3/c1-10-5-6-13(21-10)7-8-14(19)17-18-15(20)11-3-2-4-12(16)9-11/h2-9H,1H3,(H,17,19)(H,18,20)/b8-7+. The molecule has 0 bridgehead atoms. The van der Waals surface area contributed by atoms with E-state index in [0.29, 0.717) is 16.3 Å². The first-order chi connectivity index (χ1) is 10.0. The van der Waals surface area contributed by atoms with Crippen molar-refractivity contribution in [1.29, 1.82) is 0 Å². The van der Waals surface area contributed by atoms with Gasteiger partial charge in [-0.05, 0) is 43.3 Å². The van der Waals surface area contributed by atoms with E-state index in [1.807, 2.05) is 6.92 Å². The molecule has 2 aromatic rings. The van der Waals surface area contributed by atoms with Crippen molar-refractivity contribution >= 4 is 29.5 Å². The minimum atomic E-state index is -0.473. The highest BCUT2D eigenvalue weighted by Crippen LogP contribution is 2.10. The van der Waals surface area contributed by atoms with E-state index < -0.39 is 11.8 Å². The molecule has 0 spiro atoms. The van der Waals surface area contributed by atoms with Gasteiger partial charge in [-0.3, -0.25) is 20.4 Å². The number of furan rings is 1. The van der Waals surface area contributed by atoms with Gasteiger partial charge < -0.3 is 4.42 Å². The van der Waals surface area contributed by atoms with Crippen LogP contribution in [0.2, 0.25) is 5.02 Å². The second-order valence-electron chi connectivity index (χ2n) is 4.24. The molecule has 0 fully saturated rings. The lowest BCUT2D eigenvalue weighted by atomic mass is 10.2. The van der Waals surface area contributed by atoms with E-state index in [1.54, 1.807) is 30.3 Å². The summed E-state index contributed by atoms with van der Waals surface area (Å²) in [6.07, 6.45) is 2.77. The van der Waals surface area contributed by atoms with Crippen molar-refractivity contribution in [3.8, 4) is 0 Å². The maximum absolute atomic E-state index is 11.8. The number of amides is 2. The van der Waals surface area contributed by atoms with Crippen LogP contribution in [0.25, 0.3) is 6.08 Å². The fourth-order valence-corrected chi connectivity index (χ4v) is 1.75. The van der Waals surface area contributed by atoms with Gasteiger partial charge in [0.05, 0.1) is 0 Å². The van der Waals surface area contributed by atoms with Gasteiger partial charge in [-0.25, -0.2) is 0 Å². The molecular formula is C15H13ClN2O3. The Morgan fingerprint density at radius 3 is 2.67 bits per heavy atom. The minimum Gasteiger partial charge on any atom is -0.462 e. The number of carbonyl (C=O) groups excluding carboxylic acids is 2. The molecule has 108 valence electrons. The lowest BCUT2D eigenvalue weighted by Gasteiger charge is -2.05. The molecule has 0 atom stereocenters. The zero-order valence-electron chi connectivity index (χ0n) is 11.2. The van der Waals surface area contributed by atoms with Gasteiger partial charge in [0.25, 0.3) is 11.8 Å². The Hall–Kier alpha value is -2.53. The SMILES string of the molecule is Cc1ccc(/C=C/C(=O)NNC(=O)c2cccc(Cl)c2)o1. The summed E-state index contributed by atoms with van der Waals surface area (Å²) in [5, 5.41) is 0.446. The summed E-state index contributed by atoms with van der Waals surface area (Å²) in [6.45, 7) is 1.81. The molecule has 1 heterocycles. The largest absolute Gasteiger partial charge is 0.462 e. The Morgan fingerprint density at radius 2 is 2.00 bits per heavy atom. The molecule has 0 saturated heterocycles. The third kappa shape index (κ3) is 4.50. The molecule has 0 saturated carbocycles. The molecule has 1 aromatic heterocycles. The van der Waals surface area contributed by atoms with Gasteiger partial charge in [-0.2, -0.15) is 0 Å². The Bertz CT molecular complexity index is 692. The van der Waals surface area contributed by atoms with Crippen LogP contribution in [0.4, 0.5) is 0 Å². The first-order valence-corrected chi connectivity index (χ1v) is 6.53. The molecule has 1 aromatic carbocycles. The Labute approximate surface area is 126 Å². The van der Waals surface area contributed by atoms with Crippen LogP contribution in [0.1, 0.15) is 21.9 Å². The number of benzene rings is 1. The highest BCUT2D eigenvalue weighted by molar-refractivity contribution is 6.30. The number of hydrogen-bond donors (Lipinski definition) is 2. The van der Waals surface area contributed by atoms with Crippen LogP contribution >= 0.6 is 11.6 Å². The van der Waals surface area contributed by atoms with Crippen LogP contribution in [0.5, 0.6) is 0 Å². The summed E-state index contributed by atoms with van der Waals surface area (Å²) >= 11 is 5.78. The molecule has 2 amide bonds. The van der Waals surface area contributed by atoms with Crippen LogP contribution in [-0.2, 0) is 4.79 Å². The summed E-state index contributed by atoms with van der Waals surface area (Å²) in [6, 6.07) is 9.94. The maximum Gasteiger partial charge on any atom is 0.269 e. The number of rotatable bonds is 3. The van der Waals surface area contributed by atoms with Crippen LogP contribution in [0.15, 0.2) is 46.9 Å². The number of halogens is 1.